The highest BCUT2D eigenvalue weighted by atomic mass is 19.4. The van der Waals surface area contributed by atoms with Gasteiger partial charge in [-0.1, -0.05) is 6.92 Å². The Balaban J connectivity index is 2.02. The lowest BCUT2D eigenvalue weighted by atomic mass is 10.2. The number of aryl methyl sites for hydroxylation is 1. The number of aromatic nitrogens is 4. The Morgan fingerprint density at radius 2 is 2.06 bits per heavy atom. The molecule has 32 heavy (non-hydrogen) atoms. The minimum absolute atomic E-state index is 0.0147. The van der Waals surface area contributed by atoms with Crippen LogP contribution in [0, 0.1) is 0 Å². The Bertz CT molecular complexity index is 1070. The van der Waals surface area contributed by atoms with Crippen LogP contribution < -0.4 is 11.4 Å². The van der Waals surface area contributed by atoms with E-state index in [-0.39, 0.29) is 42.9 Å². The lowest BCUT2D eigenvalue weighted by molar-refractivity contribution is -0.183. The summed E-state index contributed by atoms with van der Waals surface area (Å²) in [4.78, 5) is 44.2. The SMILES string of the molecule is CCC(=O)O[C@H]1C[C@@H](OC(C)=O)[C@H](n2c(=O)n(CCCC(F)(F)F)c3cnc(N)nc32)O1. The number of esters is 2. The van der Waals surface area contributed by atoms with Crippen LogP contribution in [0.2, 0.25) is 0 Å². The first-order valence-corrected chi connectivity index (χ1v) is 9.82. The topological polar surface area (TPSA) is 141 Å². The number of halogens is 3. The lowest BCUT2D eigenvalue weighted by Crippen LogP contribution is -2.34. The second-order valence-corrected chi connectivity index (χ2v) is 7.14. The predicted molar refractivity (Wildman–Crippen MR) is 102 cm³/mol. The molecule has 0 amide bonds. The second kappa shape index (κ2) is 9.14. The molecule has 0 unspecified atom stereocenters. The summed E-state index contributed by atoms with van der Waals surface area (Å²) in [6.07, 6.45) is -7.97. The molecule has 0 radical (unpaired) electrons. The molecule has 0 bridgehead atoms. The number of ether oxygens (including phenoxy) is 3. The Morgan fingerprint density at radius 3 is 2.69 bits per heavy atom. The molecule has 2 N–H and O–H groups in total. The van der Waals surface area contributed by atoms with E-state index in [1.165, 1.54) is 6.20 Å². The number of fused-ring (bicyclic) bond motifs is 1. The third-order valence-electron chi connectivity index (χ3n) is 4.72. The summed E-state index contributed by atoms with van der Waals surface area (Å²) in [6, 6.07) is 0. The number of rotatable bonds is 7. The van der Waals surface area contributed by atoms with E-state index < -0.39 is 48.8 Å². The number of nitrogens with two attached hydrogens (primary N) is 1. The third kappa shape index (κ3) is 5.18. The lowest BCUT2D eigenvalue weighted by Gasteiger charge is -2.19. The Hall–Kier alpha value is -3.16. The zero-order valence-electron chi connectivity index (χ0n) is 17.3. The average molecular weight is 461 g/mol. The van der Waals surface area contributed by atoms with Gasteiger partial charge < -0.3 is 19.9 Å². The second-order valence-electron chi connectivity index (χ2n) is 7.14. The zero-order chi connectivity index (χ0) is 23.6. The maximum absolute atomic E-state index is 13.2. The van der Waals surface area contributed by atoms with Crippen LogP contribution in [0.5, 0.6) is 0 Å². The van der Waals surface area contributed by atoms with E-state index in [0.717, 1.165) is 16.1 Å². The molecule has 0 aromatic carbocycles. The van der Waals surface area contributed by atoms with Gasteiger partial charge in [0.2, 0.25) is 12.2 Å². The largest absolute Gasteiger partial charge is 0.457 e. The molecule has 3 heterocycles. The van der Waals surface area contributed by atoms with Gasteiger partial charge in [-0.05, 0) is 6.42 Å². The van der Waals surface area contributed by atoms with E-state index >= 15 is 0 Å². The number of nitrogens with zero attached hydrogens (tertiary/aromatic N) is 4. The highest BCUT2D eigenvalue weighted by Crippen LogP contribution is 2.33. The van der Waals surface area contributed by atoms with Gasteiger partial charge in [0.05, 0.1) is 12.6 Å². The Kier molecular flexibility index (Phi) is 6.71. The number of carbonyl (C=O) groups excluding carboxylic acids is 2. The molecule has 0 spiro atoms. The van der Waals surface area contributed by atoms with Crippen LogP contribution in [0.4, 0.5) is 19.1 Å². The van der Waals surface area contributed by atoms with Gasteiger partial charge in [0.15, 0.2) is 18.0 Å². The third-order valence-corrected chi connectivity index (χ3v) is 4.72. The number of hydrogen-bond acceptors (Lipinski definition) is 9. The molecule has 1 saturated heterocycles. The van der Waals surface area contributed by atoms with Crippen molar-refractivity contribution in [3.8, 4) is 0 Å². The normalized spacial score (nSPS) is 21.1. The molecule has 1 aliphatic rings. The maximum atomic E-state index is 13.2. The van der Waals surface area contributed by atoms with Crippen molar-refractivity contribution in [1.29, 1.82) is 0 Å². The predicted octanol–water partition coefficient (Wildman–Crippen LogP) is 1.65. The van der Waals surface area contributed by atoms with Crippen molar-refractivity contribution in [2.24, 2.45) is 0 Å². The minimum Gasteiger partial charge on any atom is -0.457 e. The zero-order valence-corrected chi connectivity index (χ0v) is 17.3. The first-order chi connectivity index (χ1) is 15.0. The summed E-state index contributed by atoms with van der Waals surface area (Å²) in [5, 5.41) is 0. The summed E-state index contributed by atoms with van der Waals surface area (Å²) < 4.78 is 55.9. The quantitative estimate of drug-likeness (QED) is 0.609. The van der Waals surface area contributed by atoms with Crippen LogP contribution in [-0.4, -0.2) is 49.6 Å². The highest BCUT2D eigenvalue weighted by molar-refractivity contribution is 5.72. The Morgan fingerprint density at radius 1 is 1.34 bits per heavy atom. The van der Waals surface area contributed by atoms with Gasteiger partial charge in [0, 0.05) is 26.3 Å². The molecule has 3 atom stereocenters. The molecule has 3 rings (SSSR count). The van der Waals surface area contributed by atoms with Crippen molar-refractivity contribution in [2.45, 2.75) is 70.9 Å². The van der Waals surface area contributed by atoms with E-state index in [9.17, 15) is 27.6 Å². The minimum atomic E-state index is -4.38. The molecular formula is C18H22F3N5O6. The van der Waals surface area contributed by atoms with Gasteiger partial charge in [0.1, 0.15) is 5.52 Å². The molecule has 0 saturated carbocycles. The number of alkyl halides is 3. The van der Waals surface area contributed by atoms with E-state index in [4.69, 9.17) is 19.9 Å². The summed E-state index contributed by atoms with van der Waals surface area (Å²) in [5.74, 6) is -1.41. The molecule has 2 aromatic rings. The van der Waals surface area contributed by atoms with E-state index in [2.05, 4.69) is 9.97 Å². The molecule has 1 aliphatic heterocycles. The average Bonchev–Trinajstić information content (AvgIpc) is 3.17. The van der Waals surface area contributed by atoms with E-state index in [1.807, 2.05) is 0 Å². The van der Waals surface area contributed by atoms with Crippen LogP contribution in [0.15, 0.2) is 11.0 Å². The van der Waals surface area contributed by atoms with Gasteiger partial charge in [-0.2, -0.15) is 18.2 Å². The molecule has 11 nitrogen and oxygen atoms in total. The molecule has 14 heteroatoms. The number of carbonyl (C=O) groups is 2. The van der Waals surface area contributed by atoms with Crippen LogP contribution in [0.3, 0.4) is 0 Å². The monoisotopic (exact) mass is 461 g/mol. The Labute approximate surface area is 179 Å². The molecule has 176 valence electrons. The molecule has 2 aromatic heterocycles. The van der Waals surface area contributed by atoms with Crippen LogP contribution in [0.25, 0.3) is 11.2 Å². The van der Waals surface area contributed by atoms with Crippen molar-refractivity contribution < 1.29 is 37.0 Å². The van der Waals surface area contributed by atoms with Crippen molar-refractivity contribution in [3.05, 3.63) is 16.7 Å². The fourth-order valence-corrected chi connectivity index (χ4v) is 3.41. The standard InChI is InChI=1S/C18H22F3N5O6/c1-3-12(28)31-13-7-11(30-9(2)27)15(32-13)26-14-10(8-23-16(22)24-14)25(17(26)29)6-4-5-18(19,20)21/h8,11,13,15H,3-7H2,1-2H3,(H2,22,23,24)/t11-,13-,15-/m1/s1. The molecule has 0 aliphatic carbocycles. The fraction of sp³-hybridized carbons (Fsp3) is 0.611. The number of imidazole rings is 1. The van der Waals surface area contributed by atoms with Crippen molar-refractivity contribution in [1.82, 2.24) is 19.1 Å². The molecule has 1 fully saturated rings. The van der Waals surface area contributed by atoms with Crippen LogP contribution >= 0.6 is 0 Å². The number of nitrogen functional groups attached to an aromatic ring is 1. The highest BCUT2D eigenvalue weighted by Gasteiger charge is 2.43. The number of anilines is 1. The van der Waals surface area contributed by atoms with E-state index in [1.54, 1.807) is 6.92 Å². The maximum Gasteiger partial charge on any atom is 0.389 e. The summed E-state index contributed by atoms with van der Waals surface area (Å²) in [5.41, 5.74) is 5.00. The van der Waals surface area contributed by atoms with Crippen molar-refractivity contribution >= 4 is 29.1 Å². The van der Waals surface area contributed by atoms with Gasteiger partial charge >= 0.3 is 23.8 Å². The fourth-order valence-electron chi connectivity index (χ4n) is 3.41. The van der Waals surface area contributed by atoms with Gasteiger partial charge in [-0.15, -0.1) is 0 Å². The summed E-state index contributed by atoms with van der Waals surface area (Å²) >= 11 is 0. The van der Waals surface area contributed by atoms with Crippen molar-refractivity contribution in [2.75, 3.05) is 5.73 Å². The molecular weight excluding hydrogens is 439 g/mol. The van der Waals surface area contributed by atoms with Crippen LogP contribution in [-0.2, 0) is 30.3 Å². The van der Waals surface area contributed by atoms with Gasteiger partial charge in [0.25, 0.3) is 0 Å². The summed E-state index contributed by atoms with van der Waals surface area (Å²) in [7, 11) is 0. The van der Waals surface area contributed by atoms with Crippen molar-refractivity contribution in [3.63, 3.8) is 0 Å². The smallest absolute Gasteiger partial charge is 0.389 e. The van der Waals surface area contributed by atoms with Gasteiger partial charge in [-0.3, -0.25) is 14.2 Å². The first kappa shape index (κ1) is 23.5. The van der Waals surface area contributed by atoms with Crippen LogP contribution in [0.1, 0.15) is 45.8 Å². The van der Waals surface area contributed by atoms with Gasteiger partial charge in [-0.25, -0.2) is 14.3 Å². The summed E-state index contributed by atoms with van der Waals surface area (Å²) in [6.45, 7) is 2.47. The number of hydrogen-bond donors (Lipinski definition) is 1. The van der Waals surface area contributed by atoms with E-state index in [0.29, 0.717) is 0 Å². The first-order valence-electron chi connectivity index (χ1n) is 9.82.